The standard InChI is InChI=1S/C29H33FN6.2ClH/c1-3-26-25(27(4-2)36(33-26)20-22-8-6-5-7-9-22)21-34-16-18-35(19-17-34)29-28(31-14-15-32-29)23-10-12-24(30)13-11-23;;/h5-15H,3-4,16-21H2,1-2H3;2*1H. The summed E-state index contributed by atoms with van der Waals surface area (Å²) < 4.78 is 15.6. The van der Waals surface area contributed by atoms with E-state index in [1.54, 1.807) is 24.5 Å². The van der Waals surface area contributed by atoms with Crippen LogP contribution in [0.1, 0.15) is 36.4 Å². The van der Waals surface area contributed by atoms with Crippen LogP contribution < -0.4 is 4.90 Å². The fourth-order valence-electron chi connectivity index (χ4n) is 5.05. The summed E-state index contributed by atoms with van der Waals surface area (Å²) in [4.78, 5) is 14.0. The highest BCUT2D eigenvalue weighted by atomic mass is 35.5. The maximum absolute atomic E-state index is 13.4. The van der Waals surface area contributed by atoms with E-state index in [0.29, 0.717) is 0 Å². The third kappa shape index (κ3) is 6.52. The zero-order chi connectivity index (χ0) is 24.9. The number of hydrogen-bond acceptors (Lipinski definition) is 5. The quantitative estimate of drug-likeness (QED) is 0.274. The van der Waals surface area contributed by atoms with Crippen molar-refractivity contribution in [1.82, 2.24) is 24.6 Å². The van der Waals surface area contributed by atoms with Crippen LogP contribution in [0.2, 0.25) is 0 Å². The first-order valence-electron chi connectivity index (χ1n) is 12.8. The molecule has 0 radical (unpaired) electrons. The zero-order valence-corrected chi connectivity index (χ0v) is 23.5. The number of halogens is 3. The topological polar surface area (TPSA) is 50.1 Å². The van der Waals surface area contributed by atoms with E-state index in [9.17, 15) is 4.39 Å². The van der Waals surface area contributed by atoms with Crippen LogP contribution in [-0.2, 0) is 25.9 Å². The Morgan fingerprint density at radius 3 is 2.13 bits per heavy atom. The number of anilines is 1. The molecule has 0 aliphatic carbocycles. The molecule has 2 aromatic carbocycles. The lowest BCUT2D eigenvalue weighted by Crippen LogP contribution is -2.46. The molecule has 0 bridgehead atoms. The average Bonchev–Trinajstić information content (AvgIpc) is 3.25. The lowest BCUT2D eigenvalue weighted by Gasteiger charge is -2.36. The summed E-state index contributed by atoms with van der Waals surface area (Å²) >= 11 is 0. The largest absolute Gasteiger partial charge is 0.352 e. The molecule has 0 amide bonds. The fourth-order valence-corrected chi connectivity index (χ4v) is 5.05. The van der Waals surface area contributed by atoms with E-state index in [1.807, 2.05) is 0 Å². The molecule has 2 aromatic heterocycles. The highest BCUT2D eigenvalue weighted by Crippen LogP contribution is 2.28. The summed E-state index contributed by atoms with van der Waals surface area (Å²) in [5.74, 6) is 0.616. The van der Waals surface area contributed by atoms with Crippen molar-refractivity contribution in [3.8, 4) is 11.3 Å². The van der Waals surface area contributed by atoms with Crippen LogP contribution in [0.15, 0.2) is 67.0 Å². The van der Waals surface area contributed by atoms with Crippen molar-refractivity contribution in [3.05, 3.63) is 95.3 Å². The summed E-state index contributed by atoms with van der Waals surface area (Å²) in [5, 5.41) is 5.01. The summed E-state index contributed by atoms with van der Waals surface area (Å²) in [6.45, 7) is 9.77. The van der Waals surface area contributed by atoms with Gasteiger partial charge in [0.2, 0.25) is 0 Å². The summed E-state index contributed by atoms with van der Waals surface area (Å²) in [6, 6.07) is 17.0. The molecule has 3 heterocycles. The first-order valence-corrected chi connectivity index (χ1v) is 12.8. The third-order valence-corrected chi connectivity index (χ3v) is 6.94. The van der Waals surface area contributed by atoms with Crippen LogP contribution in [0, 0.1) is 5.82 Å². The van der Waals surface area contributed by atoms with Crippen molar-refractivity contribution in [2.75, 3.05) is 31.1 Å². The maximum Gasteiger partial charge on any atom is 0.155 e. The zero-order valence-electron chi connectivity index (χ0n) is 21.9. The Labute approximate surface area is 236 Å². The Hall–Kier alpha value is -3.00. The SMILES string of the molecule is CCc1nn(Cc2ccccc2)c(CC)c1CN1CCN(c2nccnc2-c2ccc(F)cc2)CC1.Cl.Cl. The first-order chi connectivity index (χ1) is 17.7. The molecule has 38 heavy (non-hydrogen) atoms. The molecule has 1 aliphatic heterocycles. The van der Waals surface area contributed by atoms with Gasteiger partial charge in [-0.2, -0.15) is 5.10 Å². The van der Waals surface area contributed by atoms with Gasteiger partial charge in [-0.15, -0.1) is 24.8 Å². The molecule has 1 saturated heterocycles. The van der Waals surface area contributed by atoms with Gasteiger partial charge in [0.15, 0.2) is 5.82 Å². The Morgan fingerprint density at radius 2 is 1.47 bits per heavy atom. The van der Waals surface area contributed by atoms with Crippen molar-refractivity contribution in [1.29, 1.82) is 0 Å². The van der Waals surface area contributed by atoms with Crippen molar-refractivity contribution < 1.29 is 4.39 Å². The third-order valence-electron chi connectivity index (χ3n) is 6.94. The number of hydrogen-bond donors (Lipinski definition) is 0. The average molecular weight is 558 g/mol. The molecule has 6 nitrogen and oxygen atoms in total. The number of benzene rings is 2. The maximum atomic E-state index is 13.4. The van der Waals surface area contributed by atoms with Crippen LogP contribution in [0.5, 0.6) is 0 Å². The van der Waals surface area contributed by atoms with Gasteiger partial charge in [0.05, 0.1) is 12.2 Å². The monoisotopic (exact) mass is 556 g/mol. The second-order valence-electron chi connectivity index (χ2n) is 9.22. The van der Waals surface area contributed by atoms with E-state index >= 15 is 0 Å². The van der Waals surface area contributed by atoms with E-state index in [4.69, 9.17) is 5.10 Å². The van der Waals surface area contributed by atoms with Crippen molar-refractivity contribution in [2.45, 2.75) is 39.8 Å². The summed E-state index contributed by atoms with van der Waals surface area (Å²) in [7, 11) is 0. The molecule has 4 aromatic rings. The number of aromatic nitrogens is 4. The molecule has 9 heteroatoms. The second kappa shape index (κ2) is 13.7. The van der Waals surface area contributed by atoms with Gasteiger partial charge in [0, 0.05) is 61.9 Å². The van der Waals surface area contributed by atoms with E-state index in [1.165, 1.54) is 34.6 Å². The molecule has 202 valence electrons. The predicted molar refractivity (Wildman–Crippen MR) is 156 cm³/mol. The minimum atomic E-state index is -0.247. The van der Waals surface area contributed by atoms with Gasteiger partial charge >= 0.3 is 0 Å². The van der Waals surface area contributed by atoms with Crippen LogP contribution in [-0.4, -0.2) is 50.8 Å². The van der Waals surface area contributed by atoms with Crippen LogP contribution in [0.3, 0.4) is 0 Å². The minimum Gasteiger partial charge on any atom is -0.352 e. The van der Waals surface area contributed by atoms with Gasteiger partial charge in [0.1, 0.15) is 11.5 Å². The van der Waals surface area contributed by atoms with Crippen LogP contribution >= 0.6 is 24.8 Å². The number of piperazine rings is 1. The highest BCUT2D eigenvalue weighted by molar-refractivity contribution is 5.85. The van der Waals surface area contributed by atoms with Crippen LogP contribution in [0.25, 0.3) is 11.3 Å². The normalized spacial score (nSPS) is 13.6. The minimum absolute atomic E-state index is 0. The fraction of sp³-hybridized carbons (Fsp3) is 0.345. The van der Waals surface area contributed by atoms with E-state index in [-0.39, 0.29) is 30.6 Å². The van der Waals surface area contributed by atoms with Gasteiger partial charge in [-0.3, -0.25) is 14.6 Å². The second-order valence-corrected chi connectivity index (χ2v) is 9.22. The molecule has 0 unspecified atom stereocenters. The molecule has 0 spiro atoms. The number of rotatable bonds is 8. The molecule has 0 atom stereocenters. The van der Waals surface area contributed by atoms with Gasteiger partial charge in [-0.05, 0) is 42.7 Å². The molecule has 0 N–H and O–H groups in total. The van der Waals surface area contributed by atoms with Crippen molar-refractivity contribution in [2.24, 2.45) is 0 Å². The summed E-state index contributed by atoms with van der Waals surface area (Å²) in [6.07, 6.45) is 5.33. The van der Waals surface area contributed by atoms with Crippen LogP contribution in [0.4, 0.5) is 10.2 Å². The lowest BCUT2D eigenvalue weighted by atomic mass is 10.1. The first kappa shape index (κ1) is 29.6. The van der Waals surface area contributed by atoms with Gasteiger partial charge in [0.25, 0.3) is 0 Å². The Balaban J connectivity index is 0.00000200. The molecule has 1 fully saturated rings. The molecule has 5 rings (SSSR count). The van der Waals surface area contributed by atoms with Crippen molar-refractivity contribution >= 4 is 30.6 Å². The van der Waals surface area contributed by atoms with Gasteiger partial charge < -0.3 is 4.90 Å². The molecule has 0 saturated carbocycles. The smallest absolute Gasteiger partial charge is 0.155 e. The highest BCUT2D eigenvalue weighted by Gasteiger charge is 2.24. The van der Waals surface area contributed by atoms with E-state index in [0.717, 1.165) is 69.2 Å². The molecular formula is C29H35Cl2FN6. The van der Waals surface area contributed by atoms with E-state index in [2.05, 4.69) is 68.6 Å². The predicted octanol–water partition coefficient (Wildman–Crippen LogP) is 5.82. The van der Waals surface area contributed by atoms with Crippen molar-refractivity contribution in [3.63, 3.8) is 0 Å². The van der Waals surface area contributed by atoms with Gasteiger partial charge in [-0.25, -0.2) is 9.37 Å². The Morgan fingerprint density at radius 1 is 0.789 bits per heavy atom. The van der Waals surface area contributed by atoms with E-state index < -0.39 is 0 Å². The van der Waals surface area contributed by atoms with Gasteiger partial charge in [-0.1, -0.05) is 44.2 Å². The Bertz CT molecular complexity index is 1290. The number of aryl methyl sites for hydroxylation is 1. The Kier molecular flexibility index (Phi) is 10.6. The number of nitrogens with zero attached hydrogens (tertiary/aromatic N) is 6. The lowest BCUT2D eigenvalue weighted by molar-refractivity contribution is 0.248. The summed E-state index contributed by atoms with van der Waals surface area (Å²) in [5.41, 5.74) is 6.89. The molecular weight excluding hydrogens is 522 g/mol. The molecule has 1 aliphatic rings.